The first-order chi connectivity index (χ1) is 11.8. The minimum Gasteiger partial charge on any atom is -0.315 e. The molecule has 124 valence electrons. The highest BCUT2D eigenvalue weighted by Crippen LogP contribution is 2.22. The van der Waals surface area contributed by atoms with Gasteiger partial charge in [-0.1, -0.05) is 30.3 Å². The Morgan fingerprint density at radius 1 is 1.25 bits per heavy atom. The summed E-state index contributed by atoms with van der Waals surface area (Å²) in [5.41, 5.74) is 2.25. The number of fused-ring (bicyclic) bond motifs is 1. The quantitative estimate of drug-likeness (QED) is 0.776. The Morgan fingerprint density at radius 3 is 3.00 bits per heavy atom. The Bertz CT molecular complexity index is 808. The average molecular weight is 339 g/mol. The molecule has 5 nitrogen and oxygen atoms in total. The summed E-state index contributed by atoms with van der Waals surface area (Å²) in [6, 6.07) is 10.3. The SMILES string of the molecule is Cc1nnc2n1C[C@@H](CNCc1nc(-c3ccccc3)cs1)CC2. The zero-order chi connectivity index (χ0) is 16.4. The molecule has 0 aliphatic carbocycles. The van der Waals surface area contributed by atoms with Gasteiger partial charge in [0.25, 0.3) is 0 Å². The largest absolute Gasteiger partial charge is 0.315 e. The van der Waals surface area contributed by atoms with Crippen molar-refractivity contribution in [3.05, 3.63) is 52.4 Å². The van der Waals surface area contributed by atoms with E-state index in [-0.39, 0.29) is 0 Å². The van der Waals surface area contributed by atoms with Crippen molar-refractivity contribution < 1.29 is 0 Å². The molecule has 1 atom stereocenters. The summed E-state index contributed by atoms with van der Waals surface area (Å²) in [5, 5.41) is 15.3. The van der Waals surface area contributed by atoms with Gasteiger partial charge in [-0.25, -0.2) is 4.98 Å². The summed E-state index contributed by atoms with van der Waals surface area (Å²) in [6.07, 6.45) is 2.21. The van der Waals surface area contributed by atoms with Crippen molar-refractivity contribution in [3.63, 3.8) is 0 Å². The van der Waals surface area contributed by atoms with Crippen LogP contribution >= 0.6 is 11.3 Å². The lowest BCUT2D eigenvalue weighted by molar-refractivity contribution is 0.344. The average Bonchev–Trinajstić information content (AvgIpc) is 3.23. The number of hydrogen-bond acceptors (Lipinski definition) is 5. The van der Waals surface area contributed by atoms with E-state index in [0.717, 1.165) is 48.4 Å². The molecule has 1 aliphatic heterocycles. The molecule has 0 unspecified atom stereocenters. The highest BCUT2D eigenvalue weighted by Gasteiger charge is 2.21. The molecule has 24 heavy (non-hydrogen) atoms. The first-order valence-electron chi connectivity index (χ1n) is 8.39. The Hall–Kier alpha value is -2.05. The van der Waals surface area contributed by atoms with Gasteiger partial charge in [-0.2, -0.15) is 0 Å². The summed E-state index contributed by atoms with van der Waals surface area (Å²) in [4.78, 5) is 4.74. The van der Waals surface area contributed by atoms with Crippen molar-refractivity contribution in [3.8, 4) is 11.3 Å². The van der Waals surface area contributed by atoms with E-state index in [1.54, 1.807) is 11.3 Å². The van der Waals surface area contributed by atoms with Gasteiger partial charge in [0.15, 0.2) is 0 Å². The van der Waals surface area contributed by atoms with Crippen LogP contribution in [0, 0.1) is 12.8 Å². The fraction of sp³-hybridized carbons (Fsp3) is 0.389. The van der Waals surface area contributed by atoms with Crippen LogP contribution in [0.25, 0.3) is 11.3 Å². The Morgan fingerprint density at radius 2 is 2.12 bits per heavy atom. The Labute approximate surface area is 145 Å². The number of hydrogen-bond donors (Lipinski definition) is 1. The molecule has 0 radical (unpaired) electrons. The Kier molecular flexibility index (Phi) is 4.40. The van der Waals surface area contributed by atoms with E-state index in [4.69, 9.17) is 4.98 Å². The molecule has 3 heterocycles. The molecule has 1 aromatic carbocycles. The van der Waals surface area contributed by atoms with Crippen molar-refractivity contribution in [2.75, 3.05) is 6.54 Å². The second kappa shape index (κ2) is 6.83. The first kappa shape index (κ1) is 15.5. The van der Waals surface area contributed by atoms with Crippen LogP contribution in [0.15, 0.2) is 35.7 Å². The number of aryl methyl sites for hydroxylation is 2. The van der Waals surface area contributed by atoms with E-state index < -0.39 is 0 Å². The second-order valence-corrected chi connectivity index (χ2v) is 7.24. The van der Waals surface area contributed by atoms with Gasteiger partial charge >= 0.3 is 0 Å². The number of nitrogens with zero attached hydrogens (tertiary/aromatic N) is 4. The van der Waals surface area contributed by atoms with Crippen LogP contribution < -0.4 is 5.32 Å². The molecule has 0 spiro atoms. The van der Waals surface area contributed by atoms with Gasteiger partial charge in [-0.3, -0.25) is 0 Å². The summed E-state index contributed by atoms with van der Waals surface area (Å²) in [5.74, 6) is 2.80. The molecule has 4 rings (SSSR count). The number of nitrogens with one attached hydrogen (secondary N) is 1. The molecule has 3 aromatic rings. The zero-order valence-electron chi connectivity index (χ0n) is 13.8. The summed E-state index contributed by atoms with van der Waals surface area (Å²) >= 11 is 1.72. The molecule has 1 N–H and O–H groups in total. The maximum absolute atomic E-state index is 4.74. The van der Waals surface area contributed by atoms with Gasteiger partial charge in [0, 0.05) is 37.0 Å². The van der Waals surface area contributed by atoms with Crippen molar-refractivity contribution in [1.82, 2.24) is 25.1 Å². The van der Waals surface area contributed by atoms with Crippen molar-refractivity contribution in [2.45, 2.75) is 32.9 Å². The lowest BCUT2D eigenvalue weighted by Gasteiger charge is -2.24. The summed E-state index contributed by atoms with van der Waals surface area (Å²) < 4.78 is 2.26. The highest BCUT2D eigenvalue weighted by atomic mass is 32.1. The summed E-state index contributed by atoms with van der Waals surface area (Å²) in [7, 11) is 0. The van der Waals surface area contributed by atoms with Gasteiger partial charge in [-0.05, 0) is 19.3 Å². The van der Waals surface area contributed by atoms with E-state index >= 15 is 0 Å². The second-order valence-electron chi connectivity index (χ2n) is 6.30. The molecule has 0 bridgehead atoms. The molecule has 0 amide bonds. The fourth-order valence-corrected chi connectivity index (χ4v) is 3.99. The highest BCUT2D eigenvalue weighted by molar-refractivity contribution is 7.09. The maximum atomic E-state index is 4.74. The standard InChI is InChI=1S/C18H21N5S/c1-13-21-22-17-8-7-14(11-23(13)17)9-19-10-18-20-16(12-24-18)15-5-3-2-4-6-15/h2-6,12,14,19H,7-11H2,1H3/t14-/m1/s1. The molecule has 0 saturated heterocycles. The van der Waals surface area contributed by atoms with E-state index in [9.17, 15) is 0 Å². The number of thiazole rings is 1. The fourth-order valence-electron chi connectivity index (χ4n) is 3.21. The normalized spacial score (nSPS) is 17.0. The van der Waals surface area contributed by atoms with E-state index in [1.165, 1.54) is 12.0 Å². The summed E-state index contributed by atoms with van der Waals surface area (Å²) in [6.45, 7) is 4.90. The lowest BCUT2D eigenvalue weighted by atomic mass is 9.99. The van der Waals surface area contributed by atoms with Gasteiger partial charge in [0.2, 0.25) is 0 Å². The monoisotopic (exact) mass is 339 g/mol. The van der Waals surface area contributed by atoms with Gasteiger partial charge in [0.1, 0.15) is 16.7 Å². The molecule has 2 aromatic heterocycles. The number of rotatable bonds is 5. The van der Waals surface area contributed by atoms with Crippen LogP contribution in [0.2, 0.25) is 0 Å². The smallest absolute Gasteiger partial charge is 0.133 e. The van der Waals surface area contributed by atoms with Crippen LogP contribution in [0.4, 0.5) is 0 Å². The predicted molar refractivity (Wildman–Crippen MR) is 95.8 cm³/mol. The number of aromatic nitrogens is 4. The molecule has 6 heteroatoms. The van der Waals surface area contributed by atoms with Crippen LogP contribution in [-0.4, -0.2) is 26.3 Å². The third kappa shape index (κ3) is 3.25. The molecule has 1 aliphatic rings. The zero-order valence-corrected chi connectivity index (χ0v) is 14.6. The van der Waals surface area contributed by atoms with Gasteiger partial charge in [0.05, 0.1) is 5.69 Å². The molecule has 0 saturated carbocycles. The molecule has 0 fully saturated rings. The van der Waals surface area contributed by atoms with E-state index in [2.05, 4.69) is 49.7 Å². The van der Waals surface area contributed by atoms with Crippen molar-refractivity contribution >= 4 is 11.3 Å². The predicted octanol–water partition coefficient (Wildman–Crippen LogP) is 3.06. The third-order valence-electron chi connectivity index (χ3n) is 4.56. The minimum atomic E-state index is 0.640. The van der Waals surface area contributed by atoms with Crippen molar-refractivity contribution in [2.24, 2.45) is 5.92 Å². The molecular weight excluding hydrogens is 318 g/mol. The van der Waals surface area contributed by atoms with Crippen LogP contribution in [0.5, 0.6) is 0 Å². The van der Waals surface area contributed by atoms with Crippen LogP contribution in [0.3, 0.4) is 0 Å². The topological polar surface area (TPSA) is 55.6 Å². The number of benzene rings is 1. The first-order valence-corrected chi connectivity index (χ1v) is 9.27. The minimum absolute atomic E-state index is 0.640. The van der Waals surface area contributed by atoms with Gasteiger partial charge < -0.3 is 9.88 Å². The van der Waals surface area contributed by atoms with Crippen LogP contribution in [-0.2, 0) is 19.5 Å². The van der Waals surface area contributed by atoms with Crippen LogP contribution in [0.1, 0.15) is 23.1 Å². The van der Waals surface area contributed by atoms with Gasteiger partial charge in [-0.15, -0.1) is 21.5 Å². The van der Waals surface area contributed by atoms with E-state index in [1.807, 2.05) is 13.0 Å². The lowest BCUT2D eigenvalue weighted by Crippen LogP contribution is -2.30. The molecular formula is C18H21N5S. The van der Waals surface area contributed by atoms with E-state index in [0.29, 0.717) is 5.92 Å². The maximum Gasteiger partial charge on any atom is 0.133 e. The third-order valence-corrected chi connectivity index (χ3v) is 5.41. The van der Waals surface area contributed by atoms with Crippen molar-refractivity contribution in [1.29, 1.82) is 0 Å². The Balaban J connectivity index is 1.31.